The standard InChI is InChI=1S/C17H14Cl3NO3/c18-13-3-1-2-12(6-13)9-21-16(22)10-24-17(23)8-11-4-5-14(19)15(20)7-11/h1-7H,8-10H2,(H,21,22). The minimum atomic E-state index is -0.522. The van der Waals surface area contributed by atoms with E-state index in [0.717, 1.165) is 5.56 Å². The molecule has 0 atom stereocenters. The SMILES string of the molecule is O=C(COC(=O)Cc1ccc(Cl)c(Cl)c1)NCc1cccc(Cl)c1. The van der Waals surface area contributed by atoms with E-state index < -0.39 is 11.9 Å². The van der Waals surface area contributed by atoms with E-state index in [4.69, 9.17) is 39.5 Å². The monoisotopic (exact) mass is 385 g/mol. The van der Waals surface area contributed by atoms with Gasteiger partial charge in [-0.3, -0.25) is 9.59 Å². The number of carbonyl (C=O) groups is 2. The van der Waals surface area contributed by atoms with Crippen LogP contribution in [-0.2, 0) is 27.3 Å². The molecule has 0 heterocycles. The minimum absolute atomic E-state index is 0.0124. The number of ether oxygens (including phenoxy) is 1. The van der Waals surface area contributed by atoms with Crippen molar-refractivity contribution < 1.29 is 14.3 Å². The van der Waals surface area contributed by atoms with Gasteiger partial charge >= 0.3 is 5.97 Å². The van der Waals surface area contributed by atoms with E-state index in [1.807, 2.05) is 6.07 Å². The number of halogens is 3. The Morgan fingerprint density at radius 1 is 0.958 bits per heavy atom. The van der Waals surface area contributed by atoms with E-state index in [1.165, 1.54) is 0 Å². The van der Waals surface area contributed by atoms with E-state index in [2.05, 4.69) is 5.32 Å². The lowest BCUT2D eigenvalue weighted by molar-refractivity contribution is -0.147. The van der Waals surface area contributed by atoms with Gasteiger partial charge in [0, 0.05) is 11.6 Å². The molecule has 0 spiro atoms. The van der Waals surface area contributed by atoms with Gasteiger partial charge in [-0.15, -0.1) is 0 Å². The summed E-state index contributed by atoms with van der Waals surface area (Å²) >= 11 is 17.5. The van der Waals surface area contributed by atoms with Gasteiger partial charge in [0.25, 0.3) is 5.91 Å². The fourth-order valence-electron chi connectivity index (χ4n) is 1.91. The number of nitrogens with one attached hydrogen (secondary N) is 1. The minimum Gasteiger partial charge on any atom is -0.455 e. The molecule has 0 aliphatic carbocycles. The number of esters is 1. The zero-order valence-electron chi connectivity index (χ0n) is 12.5. The van der Waals surface area contributed by atoms with Gasteiger partial charge in [0.2, 0.25) is 0 Å². The van der Waals surface area contributed by atoms with Crippen molar-refractivity contribution in [1.82, 2.24) is 5.32 Å². The summed E-state index contributed by atoms with van der Waals surface area (Å²) in [6, 6.07) is 12.0. The van der Waals surface area contributed by atoms with Crippen LogP contribution in [0.5, 0.6) is 0 Å². The van der Waals surface area contributed by atoms with Crippen molar-refractivity contribution in [3.63, 3.8) is 0 Å². The fraction of sp³-hybridized carbons (Fsp3) is 0.176. The van der Waals surface area contributed by atoms with Gasteiger partial charge in [0.1, 0.15) is 0 Å². The van der Waals surface area contributed by atoms with Crippen LogP contribution < -0.4 is 5.32 Å². The van der Waals surface area contributed by atoms with Crippen molar-refractivity contribution in [2.75, 3.05) is 6.61 Å². The fourth-order valence-corrected chi connectivity index (χ4v) is 2.45. The Hall–Kier alpha value is -1.75. The summed E-state index contributed by atoms with van der Waals surface area (Å²) in [5, 5.41) is 4.01. The molecular formula is C17H14Cl3NO3. The highest BCUT2D eigenvalue weighted by Gasteiger charge is 2.10. The number of hydrogen-bond donors (Lipinski definition) is 1. The Morgan fingerprint density at radius 3 is 2.46 bits per heavy atom. The van der Waals surface area contributed by atoms with Gasteiger partial charge in [-0.2, -0.15) is 0 Å². The van der Waals surface area contributed by atoms with Crippen LogP contribution in [0.4, 0.5) is 0 Å². The predicted octanol–water partition coefficient (Wildman–Crippen LogP) is 4.05. The van der Waals surface area contributed by atoms with Gasteiger partial charge in [-0.1, -0.05) is 53.0 Å². The lowest BCUT2D eigenvalue weighted by Crippen LogP contribution is -2.28. The van der Waals surface area contributed by atoms with Crippen LogP contribution >= 0.6 is 34.8 Å². The first-order chi connectivity index (χ1) is 11.4. The van der Waals surface area contributed by atoms with E-state index >= 15 is 0 Å². The summed E-state index contributed by atoms with van der Waals surface area (Å²) in [6.45, 7) is -0.0372. The summed E-state index contributed by atoms with van der Waals surface area (Å²) in [5.41, 5.74) is 1.52. The second-order valence-electron chi connectivity index (χ2n) is 4.99. The van der Waals surface area contributed by atoms with Crippen LogP contribution in [0, 0.1) is 0 Å². The molecule has 0 aromatic heterocycles. The van der Waals surface area contributed by atoms with Gasteiger partial charge in [0.15, 0.2) is 6.61 Å². The number of hydrogen-bond acceptors (Lipinski definition) is 3. The average molecular weight is 387 g/mol. The highest BCUT2D eigenvalue weighted by atomic mass is 35.5. The van der Waals surface area contributed by atoms with Crippen LogP contribution in [0.25, 0.3) is 0 Å². The smallest absolute Gasteiger partial charge is 0.310 e. The molecule has 0 radical (unpaired) electrons. The molecule has 0 bridgehead atoms. The molecule has 0 aliphatic heterocycles. The van der Waals surface area contributed by atoms with Crippen molar-refractivity contribution >= 4 is 46.7 Å². The Balaban J connectivity index is 1.74. The molecule has 4 nitrogen and oxygen atoms in total. The predicted molar refractivity (Wildman–Crippen MR) is 94.4 cm³/mol. The van der Waals surface area contributed by atoms with Crippen LogP contribution in [0.2, 0.25) is 15.1 Å². The van der Waals surface area contributed by atoms with Gasteiger partial charge in [-0.25, -0.2) is 0 Å². The van der Waals surface area contributed by atoms with Crippen molar-refractivity contribution in [2.24, 2.45) is 0 Å². The van der Waals surface area contributed by atoms with Crippen molar-refractivity contribution in [3.8, 4) is 0 Å². The van der Waals surface area contributed by atoms with Crippen molar-refractivity contribution in [1.29, 1.82) is 0 Å². The van der Waals surface area contributed by atoms with E-state index in [9.17, 15) is 9.59 Å². The summed E-state index contributed by atoms with van der Waals surface area (Å²) in [7, 11) is 0. The summed E-state index contributed by atoms with van der Waals surface area (Å²) in [5.74, 6) is -0.913. The van der Waals surface area contributed by atoms with Gasteiger partial charge in [-0.05, 0) is 35.4 Å². The Labute approximate surface area is 154 Å². The van der Waals surface area contributed by atoms with Crippen LogP contribution in [0.1, 0.15) is 11.1 Å². The molecule has 0 fully saturated rings. The molecule has 2 rings (SSSR count). The molecule has 24 heavy (non-hydrogen) atoms. The summed E-state index contributed by atoms with van der Waals surface area (Å²) < 4.78 is 4.94. The molecule has 0 unspecified atom stereocenters. The quantitative estimate of drug-likeness (QED) is 0.762. The lowest BCUT2D eigenvalue weighted by atomic mass is 10.1. The Bertz CT molecular complexity index is 750. The van der Waals surface area contributed by atoms with Crippen molar-refractivity contribution in [3.05, 3.63) is 68.7 Å². The Kier molecular flexibility index (Phi) is 6.91. The second kappa shape index (κ2) is 8.92. The summed E-state index contributed by atoms with van der Waals surface area (Å²) in [6.07, 6.45) is 0.0124. The zero-order chi connectivity index (χ0) is 17.5. The molecule has 1 amide bonds. The molecule has 2 aromatic rings. The third kappa shape index (κ3) is 6.04. The van der Waals surface area contributed by atoms with E-state index in [0.29, 0.717) is 27.2 Å². The molecular weight excluding hydrogens is 373 g/mol. The third-order valence-electron chi connectivity index (χ3n) is 3.08. The number of benzene rings is 2. The normalized spacial score (nSPS) is 10.3. The third-order valence-corrected chi connectivity index (χ3v) is 4.05. The first-order valence-corrected chi connectivity index (χ1v) is 8.18. The molecule has 126 valence electrons. The molecule has 2 aromatic carbocycles. The first-order valence-electron chi connectivity index (χ1n) is 7.05. The maximum atomic E-state index is 11.7. The van der Waals surface area contributed by atoms with E-state index in [1.54, 1.807) is 36.4 Å². The molecule has 0 saturated carbocycles. The zero-order valence-corrected chi connectivity index (χ0v) is 14.8. The first kappa shape index (κ1) is 18.6. The van der Waals surface area contributed by atoms with Crippen LogP contribution in [-0.4, -0.2) is 18.5 Å². The van der Waals surface area contributed by atoms with E-state index in [-0.39, 0.29) is 13.0 Å². The lowest BCUT2D eigenvalue weighted by Gasteiger charge is -2.07. The topological polar surface area (TPSA) is 55.4 Å². The number of amides is 1. The second-order valence-corrected chi connectivity index (χ2v) is 6.24. The molecule has 0 saturated heterocycles. The largest absolute Gasteiger partial charge is 0.455 e. The Morgan fingerprint density at radius 2 is 1.75 bits per heavy atom. The maximum absolute atomic E-state index is 11.7. The molecule has 0 aliphatic rings. The average Bonchev–Trinajstić information content (AvgIpc) is 2.54. The highest BCUT2D eigenvalue weighted by molar-refractivity contribution is 6.42. The number of carbonyl (C=O) groups excluding carboxylic acids is 2. The summed E-state index contributed by atoms with van der Waals surface area (Å²) in [4.78, 5) is 23.4. The molecule has 1 N–H and O–H groups in total. The van der Waals surface area contributed by atoms with Crippen LogP contribution in [0.15, 0.2) is 42.5 Å². The van der Waals surface area contributed by atoms with Crippen molar-refractivity contribution in [2.45, 2.75) is 13.0 Å². The highest BCUT2D eigenvalue weighted by Crippen LogP contribution is 2.22. The molecule has 7 heteroatoms. The van der Waals surface area contributed by atoms with Crippen LogP contribution in [0.3, 0.4) is 0 Å². The number of rotatable bonds is 6. The van der Waals surface area contributed by atoms with Gasteiger partial charge < -0.3 is 10.1 Å². The van der Waals surface area contributed by atoms with Gasteiger partial charge in [0.05, 0.1) is 16.5 Å². The maximum Gasteiger partial charge on any atom is 0.310 e.